The van der Waals surface area contributed by atoms with Crippen LogP contribution < -0.4 is 4.74 Å². The van der Waals surface area contributed by atoms with E-state index in [-0.39, 0.29) is 18.1 Å². The van der Waals surface area contributed by atoms with E-state index >= 15 is 0 Å². The number of fused-ring (bicyclic) bond motifs is 1. The molecule has 0 spiro atoms. The zero-order valence-corrected chi connectivity index (χ0v) is 11.3. The Bertz CT molecular complexity index is 555. The Hall–Kier alpha value is -2.04. The molecule has 0 saturated heterocycles. The van der Waals surface area contributed by atoms with E-state index in [9.17, 15) is 4.79 Å². The summed E-state index contributed by atoms with van der Waals surface area (Å²) in [6, 6.07) is 7.65. The molecule has 0 bridgehead atoms. The van der Waals surface area contributed by atoms with Gasteiger partial charge in [0.1, 0.15) is 11.9 Å². The summed E-state index contributed by atoms with van der Waals surface area (Å²) in [4.78, 5) is 15.7. The molecule has 3 atom stereocenters. The van der Waals surface area contributed by atoms with E-state index in [1.807, 2.05) is 24.3 Å². The lowest BCUT2D eigenvalue weighted by atomic mass is 9.84. The number of carboxylic acid groups (broad SMARTS) is 1. The maximum Gasteiger partial charge on any atom is 0.306 e. The summed E-state index contributed by atoms with van der Waals surface area (Å²) < 4.78 is 11.2. The lowest BCUT2D eigenvalue weighted by Gasteiger charge is -2.26. The Morgan fingerprint density at radius 1 is 1.40 bits per heavy atom. The molecule has 0 aromatic heterocycles. The van der Waals surface area contributed by atoms with E-state index in [0.717, 1.165) is 17.7 Å². The second-order valence-electron chi connectivity index (χ2n) is 5.21. The van der Waals surface area contributed by atoms with Crippen LogP contribution in [0.2, 0.25) is 0 Å². The molecule has 106 valence electrons. The Kier molecular flexibility index (Phi) is 3.34. The minimum Gasteiger partial charge on any atom is -0.496 e. The summed E-state index contributed by atoms with van der Waals surface area (Å²) in [7, 11) is 1.61. The highest BCUT2D eigenvalue weighted by molar-refractivity contribution is 5.98. The molecule has 1 aliphatic heterocycles. The van der Waals surface area contributed by atoms with Gasteiger partial charge in [-0.05, 0) is 31.4 Å². The number of hydrogen-bond donors (Lipinski definition) is 1. The number of methoxy groups -OCH3 is 1. The highest BCUT2D eigenvalue weighted by atomic mass is 16.5. The molecule has 1 fully saturated rings. The first-order valence-electron chi connectivity index (χ1n) is 6.79. The van der Waals surface area contributed by atoms with Crippen LogP contribution >= 0.6 is 0 Å². The number of rotatable bonds is 3. The molecule has 1 aromatic rings. The van der Waals surface area contributed by atoms with E-state index in [1.54, 1.807) is 7.11 Å². The van der Waals surface area contributed by atoms with E-state index < -0.39 is 5.97 Å². The molecule has 3 rings (SSSR count). The van der Waals surface area contributed by atoms with Gasteiger partial charge in [0.2, 0.25) is 5.90 Å². The van der Waals surface area contributed by atoms with Gasteiger partial charge in [-0.25, -0.2) is 4.99 Å². The van der Waals surface area contributed by atoms with Crippen molar-refractivity contribution in [2.24, 2.45) is 10.9 Å². The summed E-state index contributed by atoms with van der Waals surface area (Å²) in [6.45, 7) is 0. The van der Waals surface area contributed by atoms with Crippen molar-refractivity contribution < 1.29 is 19.4 Å². The number of benzene rings is 1. The van der Waals surface area contributed by atoms with Crippen molar-refractivity contribution in [2.75, 3.05) is 7.11 Å². The Morgan fingerprint density at radius 2 is 2.20 bits per heavy atom. The third-order valence-electron chi connectivity index (χ3n) is 3.99. The molecular weight excluding hydrogens is 258 g/mol. The standard InChI is InChI=1S/C15H17NO4/c1-19-12-5-3-2-4-10(12)14-16-11-7-6-9(15(17)18)8-13(11)20-14/h2-5,9,11,13H,6-8H2,1H3,(H,17,18). The highest BCUT2D eigenvalue weighted by Gasteiger charge is 2.40. The fourth-order valence-corrected chi connectivity index (χ4v) is 2.89. The Labute approximate surface area is 117 Å². The molecule has 1 aromatic carbocycles. The first-order valence-corrected chi connectivity index (χ1v) is 6.79. The largest absolute Gasteiger partial charge is 0.496 e. The minimum atomic E-state index is -0.738. The molecule has 5 heteroatoms. The number of nitrogens with zero attached hydrogens (tertiary/aromatic N) is 1. The summed E-state index contributed by atoms with van der Waals surface area (Å²) in [5.41, 5.74) is 0.830. The zero-order valence-electron chi connectivity index (χ0n) is 11.3. The second-order valence-corrected chi connectivity index (χ2v) is 5.21. The number of para-hydroxylation sites is 1. The van der Waals surface area contributed by atoms with Gasteiger partial charge < -0.3 is 14.6 Å². The molecule has 3 unspecified atom stereocenters. The van der Waals surface area contributed by atoms with Gasteiger partial charge in [0.15, 0.2) is 0 Å². The van der Waals surface area contributed by atoms with Crippen molar-refractivity contribution in [1.29, 1.82) is 0 Å². The first kappa shape index (κ1) is 13.0. The fourth-order valence-electron chi connectivity index (χ4n) is 2.89. The molecule has 1 aliphatic carbocycles. The van der Waals surface area contributed by atoms with Crippen LogP contribution in [-0.4, -0.2) is 36.2 Å². The first-order chi connectivity index (χ1) is 9.69. The average Bonchev–Trinajstić information content (AvgIpc) is 2.89. The highest BCUT2D eigenvalue weighted by Crippen LogP contribution is 2.35. The third-order valence-corrected chi connectivity index (χ3v) is 3.99. The normalized spacial score (nSPS) is 28.2. The van der Waals surface area contributed by atoms with Crippen LogP contribution in [0.3, 0.4) is 0 Å². The molecular formula is C15H17NO4. The van der Waals surface area contributed by atoms with Gasteiger partial charge in [-0.2, -0.15) is 0 Å². The predicted octanol–water partition coefficient (Wildman–Crippen LogP) is 2.09. The van der Waals surface area contributed by atoms with Crippen LogP contribution in [0.25, 0.3) is 0 Å². The number of hydrogen-bond acceptors (Lipinski definition) is 4. The maximum absolute atomic E-state index is 11.1. The Morgan fingerprint density at radius 3 is 2.95 bits per heavy atom. The molecule has 0 amide bonds. The summed E-state index contributed by atoms with van der Waals surface area (Å²) in [5, 5.41) is 9.11. The second kappa shape index (κ2) is 5.15. The van der Waals surface area contributed by atoms with Crippen molar-refractivity contribution in [3.05, 3.63) is 29.8 Å². The summed E-state index contributed by atoms with van der Waals surface area (Å²) >= 11 is 0. The molecule has 0 radical (unpaired) electrons. The summed E-state index contributed by atoms with van der Waals surface area (Å²) in [5.74, 6) is 0.240. The topological polar surface area (TPSA) is 68.1 Å². The number of carbonyl (C=O) groups is 1. The number of aliphatic carboxylic acids is 1. The van der Waals surface area contributed by atoms with E-state index in [0.29, 0.717) is 18.7 Å². The SMILES string of the molecule is COc1ccccc1C1=NC2CCC(C(=O)O)CC2O1. The van der Waals surface area contributed by atoms with Crippen molar-refractivity contribution in [2.45, 2.75) is 31.4 Å². The average molecular weight is 275 g/mol. The van der Waals surface area contributed by atoms with Gasteiger partial charge in [-0.1, -0.05) is 12.1 Å². The molecule has 2 aliphatic rings. The minimum absolute atomic E-state index is 0.0745. The van der Waals surface area contributed by atoms with E-state index in [4.69, 9.17) is 14.6 Å². The van der Waals surface area contributed by atoms with Crippen LogP contribution in [-0.2, 0) is 9.53 Å². The number of ether oxygens (including phenoxy) is 2. The van der Waals surface area contributed by atoms with Gasteiger partial charge in [0.25, 0.3) is 0 Å². The van der Waals surface area contributed by atoms with E-state index in [1.165, 1.54) is 0 Å². The van der Waals surface area contributed by atoms with Gasteiger partial charge >= 0.3 is 5.97 Å². The third kappa shape index (κ3) is 2.24. The quantitative estimate of drug-likeness (QED) is 0.917. The van der Waals surface area contributed by atoms with Gasteiger partial charge in [-0.15, -0.1) is 0 Å². The number of carboxylic acids is 1. The zero-order chi connectivity index (χ0) is 14.1. The predicted molar refractivity (Wildman–Crippen MR) is 73.2 cm³/mol. The van der Waals surface area contributed by atoms with Gasteiger partial charge in [-0.3, -0.25) is 4.79 Å². The van der Waals surface area contributed by atoms with Gasteiger partial charge in [0, 0.05) is 0 Å². The Balaban J connectivity index is 1.80. The van der Waals surface area contributed by atoms with Crippen molar-refractivity contribution in [3.63, 3.8) is 0 Å². The lowest BCUT2D eigenvalue weighted by molar-refractivity contribution is -0.143. The number of aliphatic imine (C=N–C) groups is 1. The lowest BCUT2D eigenvalue weighted by Crippen LogP contribution is -2.34. The van der Waals surface area contributed by atoms with Crippen LogP contribution in [0.4, 0.5) is 0 Å². The van der Waals surface area contributed by atoms with Crippen LogP contribution in [0.15, 0.2) is 29.3 Å². The molecule has 1 heterocycles. The van der Waals surface area contributed by atoms with Crippen molar-refractivity contribution in [1.82, 2.24) is 0 Å². The smallest absolute Gasteiger partial charge is 0.306 e. The molecule has 1 N–H and O–H groups in total. The molecule has 1 saturated carbocycles. The van der Waals surface area contributed by atoms with E-state index in [2.05, 4.69) is 4.99 Å². The molecule has 20 heavy (non-hydrogen) atoms. The van der Waals surface area contributed by atoms with Crippen LogP contribution in [0, 0.1) is 5.92 Å². The monoisotopic (exact) mass is 275 g/mol. The van der Waals surface area contributed by atoms with Crippen molar-refractivity contribution >= 4 is 11.9 Å². The van der Waals surface area contributed by atoms with Gasteiger partial charge in [0.05, 0.1) is 24.6 Å². The van der Waals surface area contributed by atoms with Crippen LogP contribution in [0.1, 0.15) is 24.8 Å². The van der Waals surface area contributed by atoms with Crippen LogP contribution in [0.5, 0.6) is 5.75 Å². The molecule has 5 nitrogen and oxygen atoms in total. The maximum atomic E-state index is 11.1. The summed E-state index contributed by atoms with van der Waals surface area (Å²) in [6.07, 6.45) is 1.84. The van der Waals surface area contributed by atoms with Crippen molar-refractivity contribution in [3.8, 4) is 5.75 Å². The fraction of sp³-hybridized carbons (Fsp3) is 0.467.